The molecule has 0 saturated carbocycles. The van der Waals surface area contributed by atoms with Gasteiger partial charge in [-0.05, 0) is 72.5 Å². The Kier molecular flexibility index (Phi) is 5.36. The second-order valence-electron chi connectivity index (χ2n) is 6.42. The highest BCUT2D eigenvalue weighted by Gasteiger charge is 2.10. The van der Waals surface area contributed by atoms with Gasteiger partial charge in [0.2, 0.25) is 0 Å². The topological polar surface area (TPSA) is 49.3 Å². The van der Waals surface area contributed by atoms with Crippen molar-refractivity contribution in [3.63, 3.8) is 0 Å². The summed E-state index contributed by atoms with van der Waals surface area (Å²) in [6, 6.07) is 17.1. The highest BCUT2D eigenvalue weighted by atomic mass is 19.1. The molecule has 0 amide bonds. The molecular formula is C23H20FNO2. The highest BCUT2D eigenvalue weighted by molar-refractivity contribution is 5.96. The number of benzene rings is 3. The molecule has 0 aliphatic rings. The summed E-state index contributed by atoms with van der Waals surface area (Å²) in [5.41, 5.74) is 5.63. The first-order valence-electron chi connectivity index (χ1n) is 8.57. The monoisotopic (exact) mass is 361 g/mol. The number of aromatic carboxylic acids is 1. The lowest BCUT2D eigenvalue weighted by Gasteiger charge is -2.11. The predicted molar refractivity (Wildman–Crippen MR) is 108 cm³/mol. The first-order valence-corrected chi connectivity index (χ1v) is 8.57. The van der Waals surface area contributed by atoms with Crippen LogP contribution in [0.15, 0.2) is 60.7 Å². The number of hydrogen-bond acceptors (Lipinski definition) is 2. The van der Waals surface area contributed by atoms with Crippen LogP contribution >= 0.6 is 0 Å². The van der Waals surface area contributed by atoms with Gasteiger partial charge in [0.15, 0.2) is 0 Å². The van der Waals surface area contributed by atoms with E-state index in [0.29, 0.717) is 11.4 Å². The molecule has 0 spiro atoms. The highest BCUT2D eigenvalue weighted by Crippen LogP contribution is 2.24. The number of rotatable bonds is 5. The number of nitrogens with one attached hydrogen (secondary N) is 1. The number of halogens is 1. The van der Waals surface area contributed by atoms with Crippen molar-refractivity contribution in [2.24, 2.45) is 0 Å². The van der Waals surface area contributed by atoms with E-state index in [4.69, 9.17) is 0 Å². The maximum atomic E-state index is 13.1. The Morgan fingerprint density at radius 2 is 1.52 bits per heavy atom. The fourth-order valence-electron chi connectivity index (χ4n) is 2.70. The summed E-state index contributed by atoms with van der Waals surface area (Å²) in [4.78, 5) is 11.5. The maximum absolute atomic E-state index is 13.1. The van der Waals surface area contributed by atoms with Gasteiger partial charge in [0.25, 0.3) is 0 Å². The number of aryl methyl sites for hydroxylation is 2. The van der Waals surface area contributed by atoms with E-state index in [2.05, 4.69) is 31.3 Å². The molecule has 0 saturated heterocycles. The lowest BCUT2D eigenvalue weighted by molar-refractivity contribution is 0.0698. The van der Waals surface area contributed by atoms with E-state index in [1.807, 2.05) is 18.2 Å². The van der Waals surface area contributed by atoms with Crippen LogP contribution in [0.25, 0.3) is 12.2 Å². The molecule has 0 aromatic heterocycles. The van der Waals surface area contributed by atoms with Crippen LogP contribution in [-0.2, 0) is 0 Å². The van der Waals surface area contributed by atoms with Gasteiger partial charge in [0, 0.05) is 5.69 Å². The zero-order chi connectivity index (χ0) is 19.4. The van der Waals surface area contributed by atoms with Crippen LogP contribution in [0.2, 0.25) is 0 Å². The lowest BCUT2D eigenvalue weighted by atomic mass is 10.0. The van der Waals surface area contributed by atoms with Crippen molar-refractivity contribution in [1.82, 2.24) is 0 Å². The van der Waals surface area contributed by atoms with Crippen LogP contribution in [0.4, 0.5) is 15.8 Å². The van der Waals surface area contributed by atoms with Crippen molar-refractivity contribution in [3.8, 4) is 0 Å². The van der Waals surface area contributed by atoms with Gasteiger partial charge in [0.1, 0.15) is 5.82 Å². The molecule has 0 atom stereocenters. The molecule has 3 aromatic rings. The number of carboxylic acid groups (broad SMARTS) is 1. The third-order valence-electron chi connectivity index (χ3n) is 4.40. The first kappa shape index (κ1) is 18.4. The van der Waals surface area contributed by atoms with Gasteiger partial charge in [-0.1, -0.05) is 36.4 Å². The van der Waals surface area contributed by atoms with Gasteiger partial charge < -0.3 is 10.4 Å². The Hall–Kier alpha value is -3.40. The molecule has 4 heteroatoms. The molecule has 0 unspecified atom stereocenters. The third-order valence-corrected chi connectivity index (χ3v) is 4.40. The van der Waals surface area contributed by atoms with Crippen molar-refractivity contribution in [1.29, 1.82) is 0 Å². The molecule has 0 radical (unpaired) electrons. The molecule has 136 valence electrons. The Balaban J connectivity index is 1.90. The summed E-state index contributed by atoms with van der Waals surface area (Å²) in [5, 5.41) is 12.5. The van der Waals surface area contributed by atoms with Crippen molar-refractivity contribution >= 4 is 29.5 Å². The molecule has 0 aliphatic carbocycles. The minimum Gasteiger partial charge on any atom is -0.478 e. The van der Waals surface area contributed by atoms with Gasteiger partial charge in [0.05, 0.1) is 11.3 Å². The maximum Gasteiger partial charge on any atom is 0.337 e. The average molecular weight is 361 g/mol. The Labute approximate surface area is 157 Å². The molecule has 2 N–H and O–H groups in total. The fraction of sp³-hybridized carbons (Fsp3) is 0.0870. The predicted octanol–water partition coefficient (Wildman–Crippen LogP) is 6.05. The van der Waals surface area contributed by atoms with Crippen LogP contribution in [0.1, 0.15) is 32.6 Å². The van der Waals surface area contributed by atoms with Crippen molar-refractivity contribution in [3.05, 3.63) is 94.3 Å². The molecule has 3 aromatic carbocycles. The van der Waals surface area contributed by atoms with Crippen LogP contribution in [0.3, 0.4) is 0 Å². The number of carboxylic acids is 1. The standard InChI is InChI=1S/C23H20FNO2/c1-15-3-4-17(13-16(15)2)5-6-18-7-12-21(23(26)27)22(14-18)25-20-10-8-19(24)9-11-20/h3-14,25H,1-2H3,(H,26,27). The van der Waals surface area contributed by atoms with Gasteiger partial charge in [-0.3, -0.25) is 0 Å². The van der Waals surface area contributed by atoms with E-state index in [1.54, 1.807) is 30.3 Å². The van der Waals surface area contributed by atoms with E-state index >= 15 is 0 Å². The lowest BCUT2D eigenvalue weighted by Crippen LogP contribution is -2.03. The van der Waals surface area contributed by atoms with Gasteiger partial charge in [-0.2, -0.15) is 0 Å². The van der Waals surface area contributed by atoms with Gasteiger partial charge in [-0.25, -0.2) is 9.18 Å². The van der Waals surface area contributed by atoms with Crippen LogP contribution in [0, 0.1) is 19.7 Å². The largest absolute Gasteiger partial charge is 0.478 e. The van der Waals surface area contributed by atoms with Crippen molar-refractivity contribution in [2.45, 2.75) is 13.8 Å². The number of hydrogen-bond donors (Lipinski definition) is 2. The Morgan fingerprint density at radius 3 is 2.15 bits per heavy atom. The molecule has 0 heterocycles. The molecule has 0 aliphatic heterocycles. The van der Waals surface area contributed by atoms with Gasteiger partial charge in [-0.15, -0.1) is 0 Å². The summed E-state index contributed by atoms with van der Waals surface area (Å²) in [6.45, 7) is 4.14. The van der Waals surface area contributed by atoms with Gasteiger partial charge >= 0.3 is 5.97 Å². The average Bonchev–Trinajstić information content (AvgIpc) is 2.64. The number of carbonyl (C=O) groups is 1. The first-order chi connectivity index (χ1) is 12.9. The second-order valence-corrected chi connectivity index (χ2v) is 6.42. The minimum absolute atomic E-state index is 0.155. The van der Waals surface area contributed by atoms with E-state index in [-0.39, 0.29) is 11.4 Å². The van der Waals surface area contributed by atoms with Crippen molar-refractivity contribution < 1.29 is 14.3 Å². The summed E-state index contributed by atoms with van der Waals surface area (Å²) < 4.78 is 13.1. The smallest absolute Gasteiger partial charge is 0.337 e. The summed E-state index contributed by atoms with van der Waals surface area (Å²) in [7, 11) is 0. The quantitative estimate of drug-likeness (QED) is 0.544. The normalized spacial score (nSPS) is 10.9. The Bertz CT molecular complexity index is 1010. The Morgan fingerprint density at radius 1 is 0.889 bits per heavy atom. The second kappa shape index (κ2) is 7.87. The zero-order valence-corrected chi connectivity index (χ0v) is 15.2. The molecule has 3 rings (SSSR count). The summed E-state index contributed by atoms with van der Waals surface area (Å²) in [5.74, 6) is -1.37. The van der Waals surface area contributed by atoms with E-state index in [1.165, 1.54) is 23.3 Å². The number of anilines is 2. The van der Waals surface area contributed by atoms with E-state index < -0.39 is 5.97 Å². The SMILES string of the molecule is Cc1ccc(C=Cc2ccc(C(=O)O)c(Nc3ccc(F)cc3)c2)cc1C. The van der Waals surface area contributed by atoms with Crippen LogP contribution in [-0.4, -0.2) is 11.1 Å². The molecule has 3 nitrogen and oxygen atoms in total. The summed E-state index contributed by atoms with van der Waals surface area (Å²) >= 11 is 0. The van der Waals surface area contributed by atoms with E-state index in [9.17, 15) is 14.3 Å². The zero-order valence-electron chi connectivity index (χ0n) is 15.2. The van der Waals surface area contributed by atoms with E-state index in [0.717, 1.165) is 11.1 Å². The molecular weight excluding hydrogens is 341 g/mol. The molecule has 0 fully saturated rings. The van der Waals surface area contributed by atoms with Crippen molar-refractivity contribution in [2.75, 3.05) is 5.32 Å². The third kappa shape index (κ3) is 4.61. The summed E-state index contributed by atoms with van der Waals surface area (Å²) in [6.07, 6.45) is 3.93. The van der Waals surface area contributed by atoms with Crippen LogP contribution in [0.5, 0.6) is 0 Å². The molecule has 27 heavy (non-hydrogen) atoms. The fourth-order valence-corrected chi connectivity index (χ4v) is 2.70. The van der Waals surface area contributed by atoms with Crippen LogP contribution < -0.4 is 5.32 Å². The minimum atomic E-state index is -1.02. The molecule has 0 bridgehead atoms.